The third kappa shape index (κ3) is 4.53. The molecule has 2 rings (SSSR count). The Labute approximate surface area is 153 Å². The normalized spacial score (nSPS) is 10.3. The highest BCUT2D eigenvalue weighted by molar-refractivity contribution is 6.09. The van der Waals surface area contributed by atoms with E-state index in [1.807, 2.05) is 11.9 Å². The van der Waals surface area contributed by atoms with E-state index in [1.54, 1.807) is 42.5 Å². The van der Waals surface area contributed by atoms with Gasteiger partial charge in [-0.05, 0) is 36.8 Å². The van der Waals surface area contributed by atoms with E-state index < -0.39 is 11.9 Å². The fraction of sp³-hybridized carbons (Fsp3) is 0.300. The Morgan fingerprint density at radius 2 is 1.88 bits per heavy atom. The number of nitrogens with one attached hydrogen (secondary N) is 1. The first-order chi connectivity index (χ1) is 12.5. The molecular formula is C20H24N2O4. The molecule has 26 heavy (non-hydrogen) atoms. The first-order valence-corrected chi connectivity index (χ1v) is 8.50. The van der Waals surface area contributed by atoms with Crippen molar-refractivity contribution in [3.63, 3.8) is 0 Å². The van der Waals surface area contributed by atoms with Crippen LogP contribution in [0, 0.1) is 0 Å². The summed E-state index contributed by atoms with van der Waals surface area (Å²) in [6.45, 7) is 2.94. The highest BCUT2D eigenvalue weighted by Gasteiger charge is 2.17. The largest absolute Gasteiger partial charge is 0.496 e. The van der Waals surface area contributed by atoms with Crippen molar-refractivity contribution >= 4 is 23.3 Å². The SMILES string of the molecule is CCCCN(C)c1ccc(NC(=O)c2ccccc2OC)c(C(=O)O)c1. The quantitative estimate of drug-likeness (QED) is 0.750. The van der Waals surface area contributed by atoms with Gasteiger partial charge in [0.05, 0.1) is 23.9 Å². The highest BCUT2D eigenvalue weighted by atomic mass is 16.5. The number of benzene rings is 2. The van der Waals surface area contributed by atoms with Gasteiger partial charge in [-0.2, -0.15) is 0 Å². The number of carbonyl (C=O) groups is 2. The number of anilines is 2. The summed E-state index contributed by atoms with van der Waals surface area (Å²) in [5.74, 6) is -1.08. The fourth-order valence-corrected chi connectivity index (χ4v) is 2.60. The summed E-state index contributed by atoms with van der Waals surface area (Å²) in [6, 6.07) is 11.8. The third-order valence-corrected chi connectivity index (χ3v) is 4.12. The van der Waals surface area contributed by atoms with Crippen molar-refractivity contribution in [1.29, 1.82) is 0 Å². The number of ether oxygens (including phenoxy) is 1. The monoisotopic (exact) mass is 356 g/mol. The molecule has 6 heteroatoms. The molecule has 2 aromatic rings. The molecule has 2 N–H and O–H groups in total. The van der Waals surface area contributed by atoms with Gasteiger partial charge in [0.1, 0.15) is 5.75 Å². The minimum absolute atomic E-state index is 0.0501. The molecule has 1 amide bonds. The summed E-state index contributed by atoms with van der Waals surface area (Å²) in [5, 5.41) is 12.2. The van der Waals surface area contributed by atoms with Gasteiger partial charge in [-0.25, -0.2) is 4.79 Å². The number of carbonyl (C=O) groups excluding carboxylic acids is 1. The Morgan fingerprint density at radius 3 is 2.54 bits per heavy atom. The number of nitrogens with zero attached hydrogens (tertiary/aromatic N) is 1. The van der Waals surface area contributed by atoms with Crippen LogP contribution in [-0.2, 0) is 0 Å². The van der Waals surface area contributed by atoms with Crippen LogP contribution in [0.2, 0.25) is 0 Å². The zero-order valence-electron chi connectivity index (χ0n) is 15.3. The van der Waals surface area contributed by atoms with Crippen LogP contribution in [-0.4, -0.2) is 37.7 Å². The lowest BCUT2D eigenvalue weighted by atomic mass is 10.1. The van der Waals surface area contributed by atoms with Crippen molar-refractivity contribution in [2.24, 2.45) is 0 Å². The number of amides is 1. The van der Waals surface area contributed by atoms with Crippen molar-refractivity contribution in [1.82, 2.24) is 0 Å². The number of unbranched alkanes of at least 4 members (excludes halogenated alkanes) is 1. The van der Waals surface area contributed by atoms with Crippen molar-refractivity contribution < 1.29 is 19.4 Å². The molecule has 0 aromatic heterocycles. The van der Waals surface area contributed by atoms with Crippen molar-refractivity contribution in [2.75, 3.05) is 30.9 Å². The second-order valence-electron chi connectivity index (χ2n) is 5.96. The predicted molar refractivity (Wildman–Crippen MR) is 103 cm³/mol. The third-order valence-electron chi connectivity index (χ3n) is 4.12. The maximum Gasteiger partial charge on any atom is 0.337 e. The average molecular weight is 356 g/mol. The van der Waals surface area contributed by atoms with E-state index in [4.69, 9.17) is 4.74 Å². The van der Waals surface area contributed by atoms with E-state index in [1.165, 1.54) is 7.11 Å². The van der Waals surface area contributed by atoms with Crippen LogP contribution in [0.5, 0.6) is 5.75 Å². The van der Waals surface area contributed by atoms with Crippen molar-refractivity contribution in [2.45, 2.75) is 19.8 Å². The number of aromatic carboxylic acids is 1. The van der Waals surface area contributed by atoms with Gasteiger partial charge < -0.3 is 20.1 Å². The topological polar surface area (TPSA) is 78.9 Å². The molecule has 0 aliphatic rings. The zero-order chi connectivity index (χ0) is 19.1. The Bertz CT molecular complexity index is 789. The number of carboxylic acids is 1. The van der Waals surface area contributed by atoms with E-state index in [0.717, 1.165) is 25.1 Å². The molecule has 6 nitrogen and oxygen atoms in total. The first kappa shape index (κ1) is 19.3. The average Bonchev–Trinajstić information content (AvgIpc) is 2.65. The summed E-state index contributed by atoms with van der Waals surface area (Å²) in [6.07, 6.45) is 2.08. The molecule has 0 heterocycles. The van der Waals surface area contributed by atoms with Gasteiger partial charge in [0.25, 0.3) is 5.91 Å². The molecule has 2 aromatic carbocycles. The minimum Gasteiger partial charge on any atom is -0.496 e. The van der Waals surface area contributed by atoms with Crippen LogP contribution >= 0.6 is 0 Å². The number of methoxy groups -OCH3 is 1. The van der Waals surface area contributed by atoms with Crippen LogP contribution in [0.4, 0.5) is 11.4 Å². The van der Waals surface area contributed by atoms with Crippen LogP contribution in [0.25, 0.3) is 0 Å². The molecule has 0 saturated carbocycles. The molecule has 0 atom stereocenters. The lowest BCUT2D eigenvalue weighted by Gasteiger charge is -2.20. The van der Waals surface area contributed by atoms with Gasteiger partial charge in [-0.3, -0.25) is 4.79 Å². The lowest BCUT2D eigenvalue weighted by Crippen LogP contribution is -2.20. The molecule has 0 bridgehead atoms. The predicted octanol–water partition coefficient (Wildman–Crippen LogP) is 3.88. The van der Waals surface area contributed by atoms with Gasteiger partial charge >= 0.3 is 5.97 Å². The second-order valence-corrected chi connectivity index (χ2v) is 5.96. The van der Waals surface area contributed by atoms with Gasteiger partial charge in [0, 0.05) is 19.3 Å². The molecule has 0 aliphatic carbocycles. The summed E-state index contributed by atoms with van der Waals surface area (Å²) in [4.78, 5) is 26.2. The summed E-state index contributed by atoms with van der Waals surface area (Å²) in [7, 11) is 3.40. The maximum atomic E-state index is 12.5. The summed E-state index contributed by atoms with van der Waals surface area (Å²) in [5.41, 5.74) is 1.44. The van der Waals surface area contributed by atoms with Crippen LogP contribution in [0.1, 0.15) is 40.5 Å². The van der Waals surface area contributed by atoms with Crippen molar-refractivity contribution in [3.05, 3.63) is 53.6 Å². The minimum atomic E-state index is -1.09. The summed E-state index contributed by atoms with van der Waals surface area (Å²) < 4.78 is 5.19. The first-order valence-electron chi connectivity index (χ1n) is 8.50. The van der Waals surface area contributed by atoms with Gasteiger partial charge in [-0.15, -0.1) is 0 Å². The molecular weight excluding hydrogens is 332 g/mol. The molecule has 0 aliphatic heterocycles. The Balaban J connectivity index is 2.28. The van der Waals surface area contributed by atoms with Crippen molar-refractivity contribution in [3.8, 4) is 5.75 Å². The fourth-order valence-electron chi connectivity index (χ4n) is 2.60. The number of hydrogen-bond donors (Lipinski definition) is 2. The zero-order valence-corrected chi connectivity index (χ0v) is 15.3. The Morgan fingerprint density at radius 1 is 1.15 bits per heavy atom. The second kappa shape index (κ2) is 8.89. The number of rotatable bonds is 8. The van der Waals surface area contributed by atoms with Gasteiger partial charge in [0.2, 0.25) is 0 Å². The van der Waals surface area contributed by atoms with Crippen LogP contribution in [0.15, 0.2) is 42.5 Å². The van der Waals surface area contributed by atoms with E-state index in [0.29, 0.717) is 11.3 Å². The van der Waals surface area contributed by atoms with E-state index in [-0.39, 0.29) is 11.3 Å². The standard InChI is InChI=1S/C20H24N2O4/c1-4-5-12-22(2)14-10-11-17(16(13-14)20(24)25)21-19(23)15-8-6-7-9-18(15)26-3/h6-11,13H,4-5,12H2,1-3H3,(H,21,23)(H,24,25). The Hall–Kier alpha value is -3.02. The van der Waals surface area contributed by atoms with E-state index in [9.17, 15) is 14.7 Å². The van der Waals surface area contributed by atoms with Gasteiger partial charge in [-0.1, -0.05) is 25.5 Å². The molecule has 0 spiro atoms. The molecule has 0 saturated heterocycles. The smallest absolute Gasteiger partial charge is 0.337 e. The lowest BCUT2D eigenvalue weighted by molar-refractivity contribution is 0.0698. The highest BCUT2D eigenvalue weighted by Crippen LogP contribution is 2.25. The number of carboxylic acid groups (broad SMARTS) is 1. The molecule has 0 unspecified atom stereocenters. The van der Waals surface area contributed by atoms with Crippen LogP contribution < -0.4 is 15.0 Å². The van der Waals surface area contributed by atoms with E-state index >= 15 is 0 Å². The maximum absolute atomic E-state index is 12.5. The Kier molecular flexibility index (Phi) is 6.60. The molecule has 138 valence electrons. The molecule has 0 fully saturated rings. The van der Waals surface area contributed by atoms with Gasteiger partial charge in [0.15, 0.2) is 0 Å². The molecule has 0 radical (unpaired) electrons. The number of hydrogen-bond acceptors (Lipinski definition) is 4. The number of para-hydroxylation sites is 1. The van der Waals surface area contributed by atoms with Crippen LogP contribution in [0.3, 0.4) is 0 Å². The summed E-state index contributed by atoms with van der Waals surface area (Å²) >= 11 is 0. The van der Waals surface area contributed by atoms with E-state index in [2.05, 4.69) is 12.2 Å².